The van der Waals surface area contributed by atoms with Crippen molar-refractivity contribution in [2.45, 2.75) is 39.3 Å². The van der Waals surface area contributed by atoms with E-state index in [1.165, 1.54) is 0 Å². The second-order valence-electron chi connectivity index (χ2n) is 3.73. The molecule has 0 aliphatic carbocycles. The van der Waals surface area contributed by atoms with Gasteiger partial charge in [-0.15, -0.1) is 5.10 Å². The molecule has 1 heterocycles. The van der Waals surface area contributed by atoms with Crippen LogP contribution in [0.1, 0.15) is 32.4 Å². The molecule has 0 atom stereocenters. The van der Waals surface area contributed by atoms with Crippen LogP contribution < -0.4 is 0 Å². The molecule has 0 saturated heterocycles. The van der Waals surface area contributed by atoms with E-state index in [4.69, 9.17) is 11.6 Å². The Morgan fingerprint density at radius 1 is 1.27 bits per heavy atom. The monoisotopic (exact) mass is 227 g/mol. The summed E-state index contributed by atoms with van der Waals surface area (Å²) in [6.45, 7) is 5.24. The summed E-state index contributed by atoms with van der Waals surface area (Å²) in [5.74, 6) is 0. The van der Waals surface area contributed by atoms with Crippen LogP contribution in [-0.4, -0.2) is 28.2 Å². The standard InChI is InChI=1S/C11H18ClN3/c1-4-10(5-2)15(3)8-9-6-7-11(12)14-13-9/h6-7,10H,4-5,8H2,1-3H3. The number of aromatic nitrogens is 2. The van der Waals surface area contributed by atoms with Crippen molar-refractivity contribution in [2.24, 2.45) is 0 Å². The van der Waals surface area contributed by atoms with Crippen LogP contribution >= 0.6 is 11.6 Å². The van der Waals surface area contributed by atoms with Gasteiger partial charge in [-0.1, -0.05) is 25.4 Å². The zero-order valence-electron chi connectivity index (χ0n) is 9.57. The zero-order valence-corrected chi connectivity index (χ0v) is 10.3. The third-order valence-electron chi connectivity index (χ3n) is 2.66. The van der Waals surface area contributed by atoms with Gasteiger partial charge in [0.25, 0.3) is 0 Å². The lowest BCUT2D eigenvalue weighted by Gasteiger charge is -2.25. The number of nitrogens with zero attached hydrogens (tertiary/aromatic N) is 3. The lowest BCUT2D eigenvalue weighted by molar-refractivity contribution is 0.218. The van der Waals surface area contributed by atoms with Crippen molar-refractivity contribution in [1.82, 2.24) is 15.1 Å². The maximum Gasteiger partial charge on any atom is 0.151 e. The molecule has 0 aromatic carbocycles. The van der Waals surface area contributed by atoms with Crippen LogP contribution in [0, 0.1) is 0 Å². The maximum absolute atomic E-state index is 5.68. The molecule has 0 saturated carbocycles. The van der Waals surface area contributed by atoms with E-state index in [1.54, 1.807) is 6.07 Å². The number of hydrogen-bond acceptors (Lipinski definition) is 3. The van der Waals surface area contributed by atoms with Crippen LogP contribution in [0.15, 0.2) is 12.1 Å². The SMILES string of the molecule is CCC(CC)N(C)Cc1ccc(Cl)nn1. The van der Waals surface area contributed by atoms with Gasteiger partial charge in [0, 0.05) is 12.6 Å². The smallest absolute Gasteiger partial charge is 0.151 e. The molecule has 0 aliphatic rings. The largest absolute Gasteiger partial charge is 0.298 e. The Labute approximate surface area is 96.5 Å². The van der Waals surface area contributed by atoms with Crippen molar-refractivity contribution in [3.8, 4) is 0 Å². The highest BCUT2D eigenvalue weighted by Crippen LogP contribution is 2.10. The molecular weight excluding hydrogens is 210 g/mol. The second kappa shape index (κ2) is 6.03. The summed E-state index contributed by atoms with van der Waals surface area (Å²) in [6, 6.07) is 4.32. The topological polar surface area (TPSA) is 29.0 Å². The van der Waals surface area contributed by atoms with Gasteiger partial charge >= 0.3 is 0 Å². The highest BCUT2D eigenvalue weighted by molar-refractivity contribution is 6.29. The second-order valence-corrected chi connectivity index (χ2v) is 4.12. The first-order valence-corrected chi connectivity index (χ1v) is 5.73. The highest BCUT2D eigenvalue weighted by atomic mass is 35.5. The first kappa shape index (κ1) is 12.4. The van der Waals surface area contributed by atoms with Gasteiger partial charge in [0.15, 0.2) is 5.15 Å². The van der Waals surface area contributed by atoms with E-state index in [0.29, 0.717) is 11.2 Å². The van der Waals surface area contributed by atoms with Gasteiger partial charge in [-0.05, 0) is 32.0 Å². The van der Waals surface area contributed by atoms with Gasteiger partial charge in [-0.25, -0.2) is 0 Å². The molecular formula is C11H18ClN3. The lowest BCUT2D eigenvalue weighted by atomic mass is 10.1. The summed E-state index contributed by atoms with van der Waals surface area (Å²) in [5.41, 5.74) is 0.966. The van der Waals surface area contributed by atoms with E-state index in [9.17, 15) is 0 Å². The molecule has 3 nitrogen and oxygen atoms in total. The van der Waals surface area contributed by atoms with E-state index in [0.717, 1.165) is 25.1 Å². The highest BCUT2D eigenvalue weighted by Gasteiger charge is 2.11. The average molecular weight is 228 g/mol. The Hall–Kier alpha value is -0.670. The Bertz CT molecular complexity index is 282. The molecule has 15 heavy (non-hydrogen) atoms. The molecule has 0 bridgehead atoms. The first-order valence-electron chi connectivity index (χ1n) is 5.35. The van der Waals surface area contributed by atoms with Crippen molar-refractivity contribution >= 4 is 11.6 Å². The van der Waals surface area contributed by atoms with Crippen molar-refractivity contribution in [3.63, 3.8) is 0 Å². The fraction of sp³-hybridized carbons (Fsp3) is 0.636. The van der Waals surface area contributed by atoms with E-state index in [-0.39, 0.29) is 0 Å². The third kappa shape index (κ3) is 3.76. The van der Waals surface area contributed by atoms with Crippen LogP contribution in [0.2, 0.25) is 5.15 Å². The van der Waals surface area contributed by atoms with E-state index in [2.05, 4.69) is 36.0 Å². The Balaban J connectivity index is 2.57. The molecule has 1 rings (SSSR count). The van der Waals surface area contributed by atoms with Crippen molar-refractivity contribution < 1.29 is 0 Å². The molecule has 0 spiro atoms. The average Bonchev–Trinajstić information content (AvgIpc) is 2.23. The summed E-state index contributed by atoms with van der Waals surface area (Å²) >= 11 is 5.68. The van der Waals surface area contributed by atoms with Gasteiger partial charge in [-0.2, -0.15) is 5.10 Å². The van der Waals surface area contributed by atoms with Gasteiger partial charge in [0.05, 0.1) is 5.69 Å². The predicted octanol–water partition coefficient (Wildman–Crippen LogP) is 2.75. The van der Waals surface area contributed by atoms with Crippen LogP contribution in [0.4, 0.5) is 0 Å². The van der Waals surface area contributed by atoms with E-state index >= 15 is 0 Å². The minimum Gasteiger partial charge on any atom is -0.298 e. The molecule has 0 amide bonds. The molecule has 4 heteroatoms. The third-order valence-corrected chi connectivity index (χ3v) is 2.87. The number of halogens is 1. The maximum atomic E-state index is 5.68. The van der Waals surface area contributed by atoms with E-state index in [1.807, 2.05) is 6.07 Å². The summed E-state index contributed by atoms with van der Waals surface area (Å²) in [5, 5.41) is 8.33. The Kier molecular flexibility index (Phi) is 4.99. The van der Waals surface area contributed by atoms with Crippen LogP contribution in [0.3, 0.4) is 0 Å². The van der Waals surface area contributed by atoms with Gasteiger partial charge in [0.1, 0.15) is 0 Å². The van der Waals surface area contributed by atoms with Crippen molar-refractivity contribution in [3.05, 3.63) is 23.0 Å². The zero-order chi connectivity index (χ0) is 11.3. The fourth-order valence-corrected chi connectivity index (χ4v) is 1.83. The Morgan fingerprint density at radius 3 is 2.40 bits per heavy atom. The molecule has 0 fully saturated rings. The normalized spacial score (nSPS) is 11.3. The molecule has 0 aliphatic heterocycles. The molecule has 1 aromatic rings. The van der Waals surface area contributed by atoms with Crippen LogP contribution in [-0.2, 0) is 6.54 Å². The molecule has 84 valence electrons. The molecule has 0 N–H and O–H groups in total. The minimum absolute atomic E-state index is 0.448. The molecule has 0 radical (unpaired) electrons. The predicted molar refractivity (Wildman–Crippen MR) is 62.9 cm³/mol. The molecule has 1 aromatic heterocycles. The van der Waals surface area contributed by atoms with Crippen LogP contribution in [0.5, 0.6) is 0 Å². The fourth-order valence-electron chi connectivity index (χ4n) is 1.72. The quantitative estimate of drug-likeness (QED) is 0.775. The van der Waals surface area contributed by atoms with Crippen molar-refractivity contribution in [1.29, 1.82) is 0 Å². The minimum atomic E-state index is 0.448. The summed E-state index contributed by atoms with van der Waals surface area (Å²) in [7, 11) is 2.12. The lowest BCUT2D eigenvalue weighted by Crippen LogP contribution is -2.30. The summed E-state index contributed by atoms with van der Waals surface area (Å²) in [6.07, 6.45) is 2.32. The number of rotatable bonds is 5. The van der Waals surface area contributed by atoms with Gasteiger partial charge < -0.3 is 0 Å². The molecule has 0 unspecified atom stereocenters. The van der Waals surface area contributed by atoms with Gasteiger partial charge in [0.2, 0.25) is 0 Å². The number of hydrogen-bond donors (Lipinski definition) is 0. The first-order chi connectivity index (χ1) is 7.17. The van der Waals surface area contributed by atoms with Crippen molar-refractivity contribution in [2.75, 3.05) is 7.05 Å². The summed E-state index contributed by atoms with van der Waals surface area (Å²) in [4.78, 5) is 2.30. The van der Waals surface area contributed by atoms with Gasteiger partial charge in [-0.3, -0.25) is 4.90 Å². The van der Waals surface area contributed by atoms with Crippen LogP contribution in [0.25, 0.3) is 0 Å². The Morgan fingerprint density at radius 2 is 1.93 bits per heavy atom. The van der Waals surface area contributed by atoms with E-state index < -0.39 is 0 Å². The summed E-state index contributed by atoms with van der Waals surface area (Å²) < 4.78 is 0.